The maximum Gasteiger partial charge on any atom is 0.0234 e. The number of likely N-dealkylation sites (tertiary alicyclic amines) is 1. The van der Waals surface area contributed by atoms with Gasteiger partial charge in [0.2, 0.25) is 0 Å². The molecule has 1 heterocycles. The van der Waals surface area contributed by atoms with Crippen molar-refractivity contribution in [3.8, 4) is 0 Å². The minimum atomic E-state index is 0.502. The van der Waals surface area contributed by atoms with Gasteiger partial charge in [0.25, 0.3) is 0 Å². The van der Waals surface area contributed by atoms with E-state index in [1.54, 1.807) is 0 Å². The molecule has 1 aromatic carbocycles. The Bertz CT molecular complexity index is 464. The minimum absolute atomic E-state index is 0.502. The Morgan fingerprint density at radius 2 is 1.76 bits per heavy atom. The normalized spacial score (nSPS) is 27.9. The van der Waals surface area contributed by atoms with Gasteiger partial charge in [-0.2, -0.15) is 0 Å². The number of rotatable bonds is 5. The number of hydrogen-bond donors (Lipinski definition) is 1. The highest BCUT2D eigenvalue weighted by Crippen LogP contribution is 2.67. The minimum Gasteiger partial charge on any atom is -0.312 e. The van der Waals surface area contributed by atoms with Crippen LogP contribution in [0.5, 0.6) is 0 Å². The molecular weight excluding hydrogens is 256 g/mol. The molecule has 2 aliphatic rings. The van der Waals surface area contributed by atoms with Crippen LogP contribution in [0, 0.1) is 16.7 Å². The lowest BCUT2D eigenvalue weighted by atomic mass is 10.0. The third-order valence-corrected chi connectivity index (χ3v) is 6.45. The maximum absolute atomic E-state index is 3.83. The molecule has 1 N–H and O–H groups in total. The number of benzene rings is 1. The van der Waals surface area contributed by atoms with Crippen LogP contribution in [0.3, 0.4) is 0 Å². The first kappa shape index (κ1) is 15.1. The molecule has 116 valence electrons. The topological polar surface area (TPSA) is 15.3 Å². The van der Waals surface area contributed by atoms with Crippen LogP contribution >= 0.6 is 0 Å². The van der Waals surface area contributed by atoms with Gasteiger partial charge in [-0.1, -0.05) is 58.0 Å². The predicted octanol–water partition coefficient (Wildman–Crippen LogP) is 3.53. The fourth-order valence-corrected chi connectivity index (χ4v) is 4.11. The quantitative estimate of drug-likeness (QED) is 0.891. The van der Waals surface area contributed by atoms with Gasteiger partial charge in [0, 0.05) is 25.7 Å². The molecule has 1 unspecified atom stereocenters. The van der Waals surface area contributed by atoms with Crippen LogP contribution in [0.4, 0.5) is 0 Å². The summed E-state index contributed by atoms with van der Waals surface area (Å²) < 4.78 is 0. The average Bonchev–Trinajstić information content (AvgIpc) is 2.77. The molecule has 1 atom stereocenters. The lowest BCUT2D eigenvalue weighted by Gasteiger charge is -2.17. The Labute approximate surface area is 129 Å². The summed E-state index contributed by atoms with van der Waals surface area (Å²) in [6.45, 7) is 14.4. The second-order valence-corrected chi connectivity index (χ2v) is 8.11. The van der Waals surface area contributed by atoms with Gasteiger partial charge in [-0.15, -0.1) is 0 Å². The standard InChI is InChI=1S/C19H30N2/c1-18(2)17(19(18,3)4)12-20-16-10-11-21(14-16)13-15-8-6-5-7-9-15/h5-9,16-17,20H,10-14H2,1-4H3. The molecule has 0 aromatic heterocycles. The van der Waals surface area contributed by atoms with Gasteiger partial charge in [-0.05, 0) is 35.3 Å². The molecule has 1 aromatic rings. The van der Waals surface area contributed by atoms with Crippen molar-refractivity contribution in [2.45, 2.75) is 46.7 Å². The summed E-state index contributed by atoms with van der Waals surface area (Å²) in [7, 11) is 0. The zero-order valence-corrected chi connectivity index (χ0v) is 14.0. The van der Waals surface area contributed by atoms with E-state index in [1.807, 2.05) is 0 Å². The highest BCUT2D eigenvalue weighted by atomic mass is 15.2. The highest BCUT2D eigenvalue weighted by molar-refractivity contribution is 5.15. The summed E-state index contributed by atoms with van der Waals surface area (Å²) in [6.07, 6.45) is 1.29. The Morgan fingerprint density at radius 1 is 1.10 bits per heavy atom. The maximum atomic E-state index is 3.83. The molecule has 1 aliphatic carbocycles. The SMILES string of the molecule is CC1(C)C(CNC2CCN(Cc3ccccc3)C2)C1(C)C. The van der Waals surface area contributed by atoms with E-state index in [0.29, 0.717) is 16.9 Å². The number of nitrogens with zero attached hydrogens (tertiary/aromatic N) is 1. The van der Waals surface area contributed by atoms with Crippen LogP contribution in [0.1, 0.15) is 39.7 Å². The first-order chi connectivity index (χ1) is 9.91. The Balaban J connectivity index is 1.44. The number of nitrogens with one attached hydrogen (secondary N) is 1. The summed E-state index contributed by atoms with van der Waals surface area (Å²) in [5.74, 6) is 0.827. The van der Waals surface area contributed by atoms with Crippen molar-refractivity contribution >= 4 is 0 Å². The van der Waals surface area contributed by atoms with Crippen LogP contribution in [-0.2, 0) is 6.54 Å². The van der Waals surface area contributed by atoms with Crippen LogP contribution < -0.4 is 5.32 Å². The molecule has 2 nitrogen and oxygen atoms in total. The third kappa shape index (κ3) is 2.89. The highest BCUT2D eigenvalue weighted by Gasteiger charge is 2.63. The molecule has 0 radical (unpaired) electrons. The smallest absolute Gasteiger partial charge is 0.0234 e. The van der Waals surface area contributed by atoms with Crippen molar-refractivity contribution in [1.82, 2.24) is 10.2 Å². The van der Waals surface area contributed by atoms with Crippen molar-refractivity contribution in [1.29, 1.82) is 0 Å². The average molecular weight is 286 g/mol. The molecule has 0 amide bonds. The zero-order valence-electron chi connectivity index (χ0n) is 14.0. The third-order valence-electron chi connectivity index (χ3n) is 6.45. The van der Waals surface area contributed by atoms with Gasteiger partial charge in [0.1, 0.15) is 0 Å². The summed E-state index contributed by atoms with van der Waals surface area (Å²) in [5.41, 5.74) is 2.44. The molecule has 0 bridgehead atoms. The van der Waals surface area contributed by atoms with Gasteiger partial charge < -0.3 is 5.32 Å². The van der Waals surface area contributed by atoms with E-state index in [2.05, 4.69) is 68.2 Å². The predicted molar refractivity (Wildman–Crippen MR) is 89.2 cm³/mol. The summed E-state index contributed by atoms with van der Waals surface area (Å²) in [6, 6.07) is 11.5. The molecule has 0 spiro atoms. The van der Waals surface area contributed by atoms with E-state index in [9.17, 15) is 0 Å². The molecule has 21 heavy (non-hydrogen) atoms. The largest absolute Gasteiger partial charge is 0.312 e. The van der Waals surface area contributed by atoms with Crippen LogP contribution in [0.25, 0.3) is 0 Å². The Morgan fingerprint density at radius 3 is 2.38 bits per heavy atom. The molecule has 2 heteroatoms. The Hall–Kier alpha value is -0.860. The van der Waals surface area contributed by atoms with Gasteiger partial charge >= 0.3 is 0 Å². The van der Waals surface area contributed by atoms with E-state index < -0.39 is 0 Å². The summed E-state index contributed by atoms with van der Waals surface area (Å²) >= 11 is 0. The Kier molecular flexibility index (Phi) is 3.87. The molecule has 3 rings (SSSR count). The van der Waals surface area contributed by atoms with Crippen LogP contribution in [-0.4, -0.2) is 30.6 Å². The summed E-state index contributed by atoms with van der Waals surface area (Å²) in [5, 5.41) is 3.83. The van der Waals surface area contributed by atoms with Crippen LogP contribution in [0.15, 0.2) is 30.3 Å². The fourth-order valence-electron chi connectivity index (χ4n) is 4.11. The van der Waals surface area contributed by atoms with Crippen molar-refractivity contribution in [3.63, 3.8) is 0 Å². The second-order valence-electron chi connectivity index (χ2n) is 8.11. The molecule has 2 fully saturated rings. The van der Waals surface area contributed by atoms with E-state index >= 15 is 0 Å². The fraction of sp³-hybridized carbons (Fsp3) is 0.684. The van der Waals surface area contributed by atoms with E-state index in [1.165, 1.54) is 31.6 Å². The molecule has 1 aliphatic heterocycles. The van der Waals surface area contributed by atoms with E-state index in [0.717, 1.165) is 12.5 Å². The van der Waals surface area contributed by atoms with Gasteiger partial charge in [0.05, 0.1) is 0 Å². The lowest BCUT2D eigenvalue weighted by Crippen LogP contribution is -2.34. The van der Waals surface area contributed by atoms with Crippen molar-refractivity contribution < 1.29 is 0 Å². The van der Waals surface area contributed by atoms with Crippen molar-refractivity contribution in [2.24, 2.45) is 16.7 Å². The number of hydrogen-bond acceptors (Lipinski definition) is 2. The van der Waals surface area contributed by atoms with E-state index in [-0.39, 0.29) is 0 Å². The first-order valence-electron chi connectivity index (χ1n) is 8.41. The molecular formula is C19H30N2. The van der Waals surface area contributed by atoms with Gasteiger partial charge in [0.15, 0.2) is 0 Å². The van der Waals surface area contributed by atoms with Gasteiger partial charge in [-0.3, -0.25) is 4.90 Å². The monoisotopic (exact) mass is 286 g/mol. The zero-order chi connectivity index (χ0) is 15.1. The summed E-state index contributed by atoms with van der Waals surface area (Å²) in [4.78, 5) is 2.58. The first-order valence-corrected chi connectivity index (χ1v) is 8.41. The second kappa shape index (κ2) is 5.40. The van der Waals surface area contributed by atoms with Crippen LogP contribution in [0.2, 0.25) is 0 Å². The van der Waals surface area contributed by atoms with Gasteiger partial charge in [-0.25, -0.2) is 0 Å². The lowest BCUT2D eigenvalue weighted by molar-refractivity contribution is 0.318. The molecule has 1 saturated heterocycles. The van der Waals surface area contributed by atoms with Crippen molar-refractivity contribution in [2.75, 3.05) is 19.6 Å². The van der Waals surface area contributed by atoms with E-state index in [4.69, 9.17) is 0 Å². The molecule has 1 saturated carbocycles. The van der Waals surface area contributed by atoms with Crippen molar-refractivity contribution in [3.05, 3.63) is 35.9 Å².